The van der Waals surface area contributed by atoms with Gasteiger partial charge in [0.1, 0.15) is 11.3 Å². The molecule has 2 heterocycles. The number of nitrogens with zero attached hydrogens (tertiary/aromatic N) is 2. The van der Waals surface area contributed by atoms with E-state index in [9.17, 15) is 15.1 Å². The van der Waals surface area contributed by atoms with Gasteiger partial charge in [-0.15, -0.1) is 0 Å². The summed E-state index contributed by atoms with van der Waals surface area (Å²) in [5.74, 6) is 0.0930. The van der Waals surface area contributed by atoms with Gasteiger partial charge in [-0.3, -0.25) is 4.79 Å². The summed E-state index contributed by atoms with van der Waals surface area (Å²) in [5.41, 5.74) is 2.05. The van der Waals surface area contributed by atoms with Crippen LogP contribution in [0.25, 0.3) is 22.6 Å². The monoisotopic (exact) mass is 422 g/mol. The van der Waals surface area contributed by atoms with Gasteiger partial charge < -0.3 is 20.6 Å². The Morgan fingerprint density at radius 3 is 2.70 bits per heavy atom. The predicted molar refractivity (Wildman–Crippen MR) is 116 cm³/mol. The van der Waals surface area contributed by atoms with E-state index in [1.54, 1.807) is 30.3 Å². The Bertz CT molecular complexity index is 1220. The first-order valence-electron chi connectivity index (χ1n) is 9.26. The number of rotatable bonds is 6. The number of pyridine rings is 1. The molecule has 0 unspecified atom stereocenters. The van der Waals surface area contributed by atoms with Crippen LogP contribution in [0.5, 0.6) is 0 Å². The second-order valence-corrected chi connectivity index (χ2v) is 7.13. The zero-order valence-corrected chi connectivity index (χ0v) is 16.5. The van der Waals surface area contributed by atoms with Crippen molar-refractivity contribution in [1.29, 1.82) is 0 Å². The molecule has 8 heteroatoms. The van der Waals surface area contributed by atoms with E-state index in [1.807, 2.05) is 30.3 Å². The van der Waals surface area contributed by atoms with Crippen molar-refractivity contribution >= 4 is 17.3 Å². The Morgan fingerprint density at radius 2 is 1.93 bits per heavy atom. The molecule has 2 aromatic carbocycles. The van der Waals surface area contributed by atoms with Gasteiger partial charge in [0, 0.05) is 23.3 Å². The molecule has 0 spiro atoms. The molecule has 4 rings (SSSR count). The molecule has 0 bridgehead atoms. The summed E-state index contributed by atoms with van der Waals surface area (Å²) < 4.78 is 0.887. The molecule has 4 N–H and O–H groups in total. The van der Waals surface area contributed by atoms with Crippen LogP contribution in [0.1, 0.15) is 11.7 Å². The Labute approximate surface area is 177 Å². The van der Waals surface area contributed by atoms with Crippen LogP contribution in [-0.4, -0.2) is 31.6 Å². The predicted octanol–water partition coefficient (Wildman–Crippen LogP) is 3.94. The third-order valence-corrected chi connectivity index (χ3v) is 4.95. The van der Waals surface area contributed by atoms with Gasteiger partial charge in [-0.1, -0.05) is 54.1 Å². The van der Waals surface area contributed by atoms with Crippen molar-refractivity contribution < 1.29 is 10.3 Å². The highest BCUT2D eigenvalue weighted by atomic mass is 35.5. The molecule has 2 aromatic heterocycles. The number of H-pyrrole nitrogens is 1. The molecule has 0 saturated heterocycles. The van der Waals surface area contributed by atoms with Gasteiger partial charge in [0.05, 0.1) is 18.0 Å². The van der Waals surface area contributed by atoms with Crippen molar-refractivity contribution in [2.24, 2.45) is 0 Å². The maximum Gasteiger partial charge on any atom is 0.261 e. The van der Waals surface area contributed by atoms with Gasteiger partial charge in [-0.25, -0.2) is 4.98 Å². The van der Waals surface area contributed by atoms with Crippen LogP contribution in [0.2, 0.25) is 5.02 Å². The number of aromatic nitrogens is 3. The third-order valence-electron chi connectivity index (χ3n) is 4.71. The zero-order chi connectivity index (χ0) is 21.1. The number of nitrogens with one attached hydrogen (secondary N) is 2. The fourth-order valence-electron chi connectivity index (χ4n) is 3.21. The molecule has 0 amide bonds. The lowest BCUT2D eigenvalue weighted by Crippen LogP contribution is -2.18. The highest BCUT2D eigenvalue weighted by molar-refractivity contribution is 6.30. The van der Waals surface area contributed by atoms with Crippen LogP contribution in [-0.2, 0) is 0 Å². The number of hydrogen-bond donors (Lipinski definition) is 4. The number of halogens is 1. The minimum Gasteiger partial charge on any atom is -0.426 e. The van der Waals surface area contributed by atoms with E-state index in [2.05, 4.69) is 15.3 Å². The summed E-state index contributed by atoms with van der Waals surface area (Å²) in [6.45, 7) is 0.133. The molecule has 7 nitrogen and oxygen atoms in total. The normalized spacial score (nSPS) is 11.9. The van der Waals surface area contributed by atoms with Crippen molar-refractivity contribution in [3.8, 4) is 22.6 Å². The molecule has 0 radical (unpaired) electrons. The van der Waals surface area contributed by atoms with Gasteiger partial charge in [-0.05, 0) is 23.8 Å². The second kappa shape index (κ2) is 8.44. The highest BCUT2D eigenvalue weighted by Crippen LogP contribution is 2.28. The molecule has 0 fully saturated rings. The van der Waals surface area contributed by atoms with Gasteiger partial charge >= 0.3 is 0 Å². The Hall–Kier alpha value is -3.55. The largest absolute Gasteiger partial charge is 0.426 e. The van der Waals surface area contributed by atoms with Gasteiger partial charge in [0.2, 0.25) is 0 Å². The summed E-state index contributed by atoms with van der Waals surface area (Å²) in [4.78, 5) is 19.4. The first kappa shape index (κ1) is 19.8. The van der Waals surface area contributed by atoms with E-state index in [1.165, 1.54) is 12.4 Å². The fraction of sp³-hybridized carbons (Fsp3) is 0.0909. The lowest BCUT2D eigenvalue weighted by atomic mass is 10.1. The molecular weight excluding hydrogens is 404 g/mol. The number of aromatic amines is 1. The van der Waals surface area contributed by atoms with Crippen LogP contribution in [0.4, 0.5) is 5.69 Å². The van der Waals surface area contributed by atoms with Crippen molar-refractivity contribution in [3.05, 3.63) is 94.0 Å². The van der Waals surface area contributed by atoms with Crippen molar-refractivity contribution in [2.75, 3.05) is 11.9 Å². The van der Waals surface area contributed by atoms with E-state index >= 15 is 0 Å². The van der Waals surface area contributed by atoms with Gasteiger partial charge in [0.15, 0.2) is 5.82 Å². The van der Waals surface area contributed by atoms with E-state index in [4.69, 9.17) is 11.6 Å². The molecule has 152 valence electrons. The van der Waals surface area contributed by atoms with E-state index in [-0.39, 0.29) is 17.9 Å². The van der Waals surface area contributed by atoms with Crippen LogP contribution >= 0.6 is 11.6 Å². The van der Waals surface area contributed by atoms with Crippen LogP contribution in [0.15, 0.2) is 77.9 Å². The SMILES string of the molecule is O=c1[nH]ccc(NC[C@@H](O)c2cccc(Cl)c2)c1-c1ncc(-c2ccccc2)n1O. The second-order valence-electron chi connectivity index (χ2n) is 6.69. The molecule has 0 saturated carbocycles. The quantitative estimate of drug-likeness (QED) is 0.352. The molecule has 0 aliphatic heterocycles. The first-order valence-corrected chi connectivity index (χ1v) is 9.64. The average molecular weight is 423 g/mol. The topological polar surface area (TPSA) is 103 Å². The molecule has 1 atom stereocenters. The van der Waals surface area contributed by atoms with E-state index < -0.39 is 11.7 Å². The highest BCUT2D eigenvalue weighted by Gasteiger charge is 2.19. The summed E-state index contributed by atoms with van der Waals surface area (Å²) in [7, 11) is 0. The lowest BCUT2D eigenvalue weighted by Gasteiger charge is -2.15. The number of imidazole rings is 1. The van der Waals surface area contributed by atoms with Crippen LogP contribution in [0, 0.1) is 0 Å². The summed E-state index contributed by atoms with van der Waals surface area (Å²) in [6.07, 6.45) is 2.15. The number of benzene rings is 2. The number of hydrogen-bond acceptors (Lipinski definition) is 5. The van der Waals surface area contributed by atoms with Gasteiger partial charge in [-0.2, -0.15) is 4.73 Å². The Morgan fingerprint density at radius 1 is 1.13 bits per heavy atom. The fourth-order valence-corrected chi connectivity index (χ4v) is 3.41. The van der Waals surface area contributed by atoms with Crippen molar-refractivity contribution in [1.82, 2.24) is 14.7 Å². The van der Waals surface area contributed by atoms with Crippen molar-refractivity contribution in [2.45, 2.75) is 6.10 Å². The summed E-state index contributed by atoms with van der Waals surface area (Å²) in [5, 5.41) is 24.7. The molecule has 0 aliphatic rings. The average Bonchev–Trinajstić information content (AvgIpc) is 3.13. The van der Waals surface area contributed by atoms with Crippen LogP contribution < -0.4 is 10.9 Å². The molecule has 0 aliphatic carbocycles. The Kier molecular flexibility index (Phi) is 5.56. The van der Waals surface area contributed by atoms with Crippen molar-refractivity contribution in [3.63, 3.8) is 0 Å². The maximum absolute atomic E-state index is 12.6. The molecular formula is C22H19ClN4O3. The summed E-state index contributed by atoms with van der Waals surface area (Å²) in [6, 6.07) is 17.8. The zero-order valence-electron chi connectivity index (χ0n) is 15.8. The minimum absolute atomic E-state index is 0.0930. The third kappa shape index (κ3) is 3.94. The van der Waals surface area contributed by atoms with E-state index in [0.29, 0.717) is 22.0 Å². The first-order chi connectivity index (χ1) is 14.5. The smallest absolute Gasteiger partial charge is 0.261 e. The van der Waals surface area contributed by atoms with Crippen LogP contribution in [0.3, 0.4) is 0 Å². The van der Waals surface area contributed by atoms with E-state index in [0.717, 1.165) is 10.3 Å². The molecule has 30 heavy (non-hydrogen) atoms. The minimum atomic E-state index is -0.843. The van der Waals surface area contributed by atoms with Gasteiger partial charge in [0.25, 0.3) is 5.56 Å². The standard InChI is InChI=1S/C22H19ClN4O3/c23-16-8-4-7-15(11-16)19(28)13-25-17-9-10-24-22(29)20(17)21-26-12-18(27(21)30)14-5-2-1-3-6-14/h1-12,19,28,30H,13H2,(H2,24,25,29)/t19-/m1/s1. The maximum atomic E-state index is 12.6. The number of aliphatic hydroxyl groups excluding tert-OH is 1. The number of anilines is 1. The lowest BCUT2D eigenvalue weighted by molar-refractivity contribution is 0.191. The molecule has 4 aromatic rings. The Balaban J connectivity index is 1.65. The number of aliphatic hydroxyl groups is 1. The summed E-state index contributed by atoms with van der Waals surface area (Å²) >= 11 is 5.99.